The number of esters is 1. The Morgan fingerprint density at radius 1 is 0.741 bits per heavy atom. The van der Waals surface area contributed by atoms with Crippen LogP contribution in [0.25, 0.3) is 22.4 Å². The van der Waals surface area contributed by atoms with Crippen LogP contribution in [0, 0.1) is 0 Å². The van der Waals surface area contributed by atoms with Gasteiger partial charge >= 0.3 is 5.97 Å². The van der Waals surface area contributed by atoms with E-state index in [0.717, 1.165) is 22.6 Å². The summed E-state index contributed by atoms with van der Waals surface area (Å²) >= 11 is 0. The van der Waals surface area contributed by atoms with E-state index in [0.29, 0.717) is 22.8 Å². The van der Waals surface area contributed by atoms with Crippen molar-refractivity contribution >= 4 is 5.97 Å². The Bertz CT molecular complexity index is 921. The number of aromatic amines is 1. The van der Waals surface area contributed by atoms with Crippen LogP contribution in [0.3, 0.4) is 0 Å². The van der Waals surface area contributed by atoms with Crippen LogP contribution < -0.4 is 14.2 Å². The molecule has 1 N–H and O–H groups in total. The molecule has 0 unspecified atom stereocenters. The van der Waals surface area contributed by atoms with Crippen molar-refractivity contribution in [2.45, 2.75) is 0 Å². The van der Waals surface area contributed by atoms with E-state index >= 15 is 0 Å². The van der Waals surface area contributed by atoms with Crippen LogP contribution in [-0.4, -0.2) is 39.4 Å². The molecular formula is C21H21NO5. The summed E-state index contributed by atoms with van der Waals surface area (Å²) in [5.74, 6) is 1.57. The summed E-state index contributed by atoms with van der Waals surface area (Å²) in [5.41, 5.74) is 3.54. The van der Waals surface area contributed by atoms with Crippen molar-refractivity contribution in [3.05, 3.63) is 54.2 Å². The van der Waals surface area contributed by atoms with Crippen molar-refractivity contribution in [1.82, 2.24) is 4.98 Å². The van der Waals surface area contributed by atoms with E-state index in [2.05, 4.69) is 4.98 Å². The molecule has 0 saturated carbocycles. The summed E-state index contributed by atoms with van der Waals surface area (Å²) in [7, 11) is 6.14. The smallest absolute Gasteiger partial charge is 0.355 e. The largest absolute Gasteiger partial charge is 0.497 e. The molecule has 140 valence electrons. The monoisotopic (exact) mass is 367 g/mol. The highest BCUT2D eigenvalue weighted by Crippen LogP contribution is 2.35. The summed E-state index contributed by atoms with van der Waals surface area (Å²) in [4.78, 5) is 15.5. The van der Waals surface area contributed by atoms with Gasteiger partial charge in [-0.3, -0.25) is 0 Å². The minimum atomic E-state index is -0.452. The van der Waals surface area contributed by atoms with Gasteiger partial charge in [-0.25, -0.2) is 4.79 Å². The zero-order valence-corrected chi connectivity index (χ0v) is 15.7. The molecule has 0 spiro atoms. The molecule has 3 rings (SSSR count). The first kappa shape index (κ1) is 18.4. The highest BCUT2D eigenvalue weighted by molar-refractivity contribution is 5.97. The Morgan fingerprint density at radius 2 is 1.33 bits per heavy atom. The highest BCUT2D eigenvalue weighted by Gasteiger charge is 2.19. The van der Waals surface area contributed by atoms with Crippen molar-refractivity contribution in [1.29, 1.82) is 0 Å². The van der Waals surface area contributed by atoms with Crippen LogP contribution in [0.15, 0.2) is 48.5 Å². The van der Waals surface area contributed by atoms with Crippen LogP contribution in [0.5, 0.6) is 17.2 Å². The summed E-state index contributed by atoms with van der Waals surface area (Å²) in [5, 5.41) is 0. The summed E-state index contributed by atoms with van der Waals surface area (Å²) in [6, 6.07) is 14.9. The zero-order chi connectivity index (χ0) is 19.4. The Labute approximate surface area is 157 Å². The lowest BCUT2D eigenvalue weighted by Crippen LogP contribution is -2.03. The van der Waals surface area contributed by atoms with Gasteiger partial charge in [0, 0.05) is 17.3 Å². The average Bonchev–Trinajstić information content (AvgIpc) is 3.18. The van der Waals surface area contributed by atoms with Crippen LogP contribution >= 0.6 is 0 Å². The Balaban J connectivity index is 2.14. The number of aromatic nitrogens is 1. The maximum absolute atomic E-state index is 12.3. The molecule has 0 amide bonds. The van der Waals surface area contributed by atoms with E-state index < -0.39 is 5.97 Å². The van der Waals surface area contributed by atoms with Gasteiger partial charge in [0.25, 0.3) is 0 Å². The minimum Gasteiger partial charge on any atom is -0.497 e. The van der Waals surface area contributed by atoms with Gasteiger partial charge in [0.05, 0.1) is 28.4 Å². The second-order valence-electron chi connectivity index (χ2n) is 5.79. The molecule has 3 aromatic rings. The molecule has 6 heteroatoms. The lowest BCUT2D eigenvalue weighted by atomic mass is 10.0. The van der Waals surface area contributed by atoms with E-state index in [4.69, 9.17) is 18.9 Å². The summed E-state index contributed by atoms with van der Waals surface area (Å²) in [6.07, 6.45) is 0. The lowest BCUT2D eigenvalue weighted by Gasteiger charge is -2.08. The molecule has 27 heavy (non-hydrogen) atoms. The van der Waals surface area contributed by atoms with Crippen molar-refractivity contribution < 1.29 is 23.7 Å². The normalized spacial score (nSPS) is 10.4. The molecule has 2 aromatic carbocycles. The first-order chi connectivity index (χ1) is 13.1. The Hall–Kier alpha value is -3.41. The Kier molecular flexibility index (Phi) is 5.35. The predicted molar refractivity (Wildman–Crippen MR) is 103 cm³/mol. The quantitative estimate of drug-likeness (QED) is 0.663. The third kappa shape index (κ3) is 3.74. The Morgan fingerprint density at radius 3 is 1.85 bits per heavy atom. The highest BCUT2D eigenvalue weighted by atomic mass is 16.5. The molecule has 0 aliphatic heterocycles. The van der Waals surface area contributed by atoms with Crippen molar-refractivity contribution in [3.63, 3.8) is 0 Å². The average molecular weight is 367 g/mol. The summed E-state index contributed by atoms with van der Waals surface area (Å²) in [6.45, 7) is 0. The fraction of sp³-hybridized carbons (Fsp3) is 0.190. The lowest BCUT2D eigenvalue weighted by molar-refractivity contribution is 0.0596. The number of carbonyl (C=O) groups is 1. The number of hydrogen-bond acceptors (Lipinski definition) is 5. The first-order valence-corrected chi connectivity index (χ1v) is 8.28. The van der Waals surface area contributed by atoms with Gasteiger partial charge in [-0.1, -0.05) is 0 Å². The maximum Gasteiger partial charge on any atom is 0.355 e. The van der Waals surface area contributed by atoms with Crippen LogP contribution in [-0.2, 0) is 4.74 Å². The fourth-order valence-corrected chi connectivity index (χ4v) is 2.83. The fourth-order valence-electron chi connectivity index (χ4n) is 2.83. The molecule has 6 nitrogen and oxygen atoms in total. The van der Waals surface area contributed by atoms with E-state index in [1.54, 1.807) is 27.4 Å². The van der Waals surface area contributed by atoms with Gasteiger partial charge in [-0.05, 0) is 53.6 Å². The van der Waals surface area contributed by atoms with E-state index in [1.807, 2.05) is 42.5 Å². The molecule has 0 radical (unpaired) electrons. The van der Waals surface area contributed by atoms with E-state index in [-0.39, 0.29) is 0 Å². The standard InChI is InChI=1S/C21H21NO5/c1-24-15-7-5-13(6-8-15)19-12-18(20(22-19)21(23)27-4)14-9-16(25-2)11-17(10-14)26-3/h5-12,22H,1-4H3. The SMILES string of the molecule is COC(=O)c1[nH]c(-c2ccc(OC)cc2)cc1-c1cc(OC)cc(OC)c1. The third-order valence-corrected chi connectivity index (χ3v) is 4.27. The second-order valence-corrected chi connectivity index (χ2v) is 5.79. The number of rotatable bonds is 6. The van der Waals surface area contributed by atoms with Gasteiger partial charge in [-0.2, -0.15) is 0 Å². The second kappa shape index (κ2) is 7.86. The summed E-state index contributed by atoms with van der Waals surface area (Å²) < 4.78 is 20.8. The van der Waals surface area contributed by atoms with Gasteiger partial charge < -0.3 is 23.9 Å². The van der Waals surface area contributed by atoms with E-state index in [1.165, 1.54) is 7.11 Å². The number of nitrogens with one attached hydrogen (secondary N) is 1. The minimum absolute atomic E-state index is 0.360. The number of ether oxygens (including phenoxy) is 4. The number of methoxy groups -OCH3 is 4. The molecular weight excluding hydrogens is 346 g/mol. The number of hydrogen-bond donors (Lipinski definition) is 1. The van der Waals surface area contributed by atoms with E-state index in [9.17, 15) is 4.79 Å². The molecule has 1 aromatic heterocycles. The van der Waals surface area contributed by atoms with Crippen LogP contribution in [0.2, 0.25) is 0 Å². The number of carbonyl (C=O) groups excluding carboxylic acids is 1. The van der Waals surface area contributed by atoms with Crippen molar-refractivity contribution in [3.8, 4) is 39.6 Å². The molecule has 0 aliphatic rings. The number of H-pyrrole nitrogens is 1. The topological polar surface area (TPSA) is 69.8 Å². The predicted octanol–water partition coefficient (Wildman–Crippen LogP) is 4.16. The van der Waals surface area contributed by atoms with Crippen molar-refractivity contribution in [2.24, 2.45) is 0 Å². The molecule has 1 heterocycles. The third-order valence-electron chi connectivity index (χ3n) is 4.27. The molecule has 0 saturated heterocycles. The van der Waals surface area contributed by atoms with Gasteiger partial charge in [0.15, 0.2) is 0 Å². The maximum atomic E-state index is 12.3. The zero-order valence-electron chi connectivity index (χ0n) is 15.7. The van der Waals surface area contributed by atoms with Crippen LogP contribution in [0.1, 0.15) is 10.5 Å². The first-order valence-electron chi connectivity index (χ1n) is 8.28. The van der Waals surface area contributed by atoms with Crippen LogP contribution in [0.4, 0.5) is 0 Å². The molecule has 0 fully saturated rings. The van der Waals surface area contributed by atoms with Gasteiger partial charge in [-0.15, -0.1) is 0 Å². The molecule has 0 bridgehead atoms. The number of benzene rings is 2. The molecule has 0 atom stereocenters. The molecule has 0 aliphatic carbocycles. The van der Waals surface area contributed by atoms with Crippen molar-refractivity contribution in [2.75, 3.05) is 28.4 Å². The van der Waals surface area contributed by atoms with Gasteiger partial charge in [0.2, 0.25) is 0 Å². The van der Waals surface area contributed by atoms with Gasteiger partial charge in [0.1, 0.15) is 22.9 Å².